The Hall–Kier alpha value is -5.66. The summed E-state index contributed by atoms with van der Waals surface area (Å²) in [5.41, 5.74) is 13.8. The first kappa shape index (κ1) is 33.5. The van der Waals surface area contributed by atoms with E-state index in [-0.39, 0.29) is 11.3 Å². The first-order valence-corrected chi connectivity index (χ1v) is 18.5. The van der Waals surface area contributed by atoms with Crippen LogP contribution in [0.1, 0.15) is 71.2 Å². The predicted octanol–water partition coefficient (Wildman–Crippen LogP) is 14.3. The molecule has 0 aromatic heterocycles. The van der Waals surface area contributed by atoms with Crippen LogP contribution < -0.4 is 4.90 Å². The second-order valence-corrected chi connectivity index (χ2v) is 15.8. The van der Waals surface area contributed by atoms with Crippen molar-refractivity contribution in [1.82, 2.24) is 0 Å². The third kappa shape index (κ3) is 6.15. The minimum absolute atomic E-state index is 0.00581. The summed E-state index contributed by atoms with van der Waals surface area (Å²) in [6.07, 6.45) is 0. The molecule has 0 heterocycles. The van der Waals surface area contributed by atoms with Gasteiger partial charge in [-0.05, 0) is 119 Å². The molecule has 0 aliphatic rings. The zero-order chi connectivity index (χ0) is 36.1. The summed E-state index contributed by atoms with van der Waals surface area (Å²) in [6.45, 7) is 15.6. The molecule has 0 unspecified atom stereocenters. The lowest BCUT2D eigenvalue weighted by Crippen LogP contribution is -2.12. The van der Waals surface area contributed by atoms with Crippen molar-refractivity contribution in [3.8, 4) is 0 Å². The Morgan fingerprint density at radius 2 is 0.846 bits per heavy atom. The molecule has 0 aliphatic heterocycles. The minimum Gasteiger partial charge on any atom is -0.310 e. The predicted molar refractivity (Wildman–Crippen MR) is 225 cm³/mol. The van der Waals surface area contributed by atoms with Crippen LogP contribution >= 0.6 is 0 Å². The maximum Gasteiger partial charge on any atom is 0.0546 e. The number of benzene rings is 8. The highest BCUT2D eigenvalue weighted by molar-refractivity contribution is 6.22. The van der Waals surface area contributed by atoms with E-state index in [0.29, 0.717) is 0 Å². The highest BCUT2D eigenvalue weighted by Crippen LogP contribution is 2.47. The largest absolute Gasteiger partial charge is 0.310 e. The maximum atomic E-state index is 2.52. The molecule has 8 rings (SSSR count). The fraction of sp³-hybridized carbons (Fsp3) is 0.176. The summed E-state index contributed by atoms with van der Waals surface area (Å²) in [6, 6.07) is 57.4. The molecular formula is C51H47N. The Bertz CT molecular complexity index is 2460. The van der Waals surface area contributed by atoms with E-state index in [9.17, 15) is 0 Å². The SMILES string of the molecule is Cc1ccc(C(c2ccc(C)cc2)c2cc3c4ccccc4c(N(c4ccc(C)cc4)c4ccc(C)cc4)cc3c3ccc(C(C)(C)C)cc23)cc1. The van der Waals surface area contributed by atoms with Gasteiger partial charge in [-0.2, -0.15) is 0 Å². The number of aryl methyl sites for hydroxylation is 4. The normalized spacial score (nSPS) is 11.9. The van der Waals surface area contributed by atoms with Gasteiger partial charge in [-0.3, -0.25) is 0 Å². The molecule has 52 heavy (non-hydrogen) atoms. The van der Waals surface area contributed by atoms with Crippen molar-refractivity contribution < 1.29 is 0 Å². The van der Waals surface area contributed by atoms with Crippen molar-refractivity contribution in [1.29, 1.82) is 0 Å². The average molecular weight is 674 g/mol. The van der Waals surface area contributed by atoms with Gasteiger partial charge < -0.3 is 4.90 Å². The van der Waals surface area contributed by atoms with E-state index >= 15 is 0 Å². The van der Waals surface area contributed by atoms with Crippen molar-refractivity contribution >= 4 is 49.4 Å². The maximum absolute atomic E-state index is 2.52. The summed E-state index contributed by atoms with van der Waals surface area (Å²) >= 11 is 0. The van der Waals surface area contributed by atoms with Crippen LogP contribution in [0.3, 0.4) is 0 Å². The van der Waals surface area contributed by atoms with E-state index < -0.39 is 0 Å². The Labute approximate surface area is 309 Å². The zero-order valence-corrected chi connectivity index (χ0v) is 31.5. The molecule has 256 valence electrons. The molecular weight excluding hydrogens is 627 g/mol. The van der Waals surface area contributed by atoms with Crippen molar-refractivity contribution in [2.24, 2.45) is 0 Å². The van der Waals surface area contributed by atoms with Crippen molar-refractivity contribution in [2.45, 2.75) is 59.8 Å². The molecule has 0 bridgehead atoms. The van der Waals surface area contributed by atoms with E-state index in [2.05, 4.69) is 205 Å². The molecule has 0 spiro atoms. The number of anilines is 3. The van der Waals surface area contributed by atoms with E-state index in [0.717, 1.165) is 11.4 Å². The number of fused-ring (bicyclic) bond motifs is 5. The molecule has 0 N–H and O–H groups in total. The van der Waals surface area contributed by atoms with Crippen molar-refractivity contribution in [2.75, 3.05) is 4.90 Å². The molecule has 0 aliphatic carbocycles. The second kappa shape index (κ2) is 13.1. The van der Waals surface area contributed by atoms with Crippen molar-refractivity contribution in [3.05, 3.63) is 196 Å². The molecule has 0 fully saturated rings. The first-order chi connectivity index (χ1) is 25.0. The lowest BCUT2D eigenvalue weighted by atomic mass is 9.78. The average Bonchev–Trinajstić information content (AvgIpc) is 3.14. The summed E-state index contributed by atoms with van der Waals surface area (Å²) in [7, 11) is 0. The van der Waals surface area contributed by atoms with Crippen LogP contribution in [-0.4, -0.2) is 0 Å². The van der Waals surface area contributed by atoms with E-state index in [1.54, 1.807) is 0 Å². The quantitative estimate of drug-likeness (QED) is 0.125. The fourth-order valence-corrected chi connectivity index (χ4v) is 7.78. The van der Waals surface area contributed by atoms with Gasteiger partial charge in [-0.25, -0.2) is 0 Å². The summed E-state index contributed by atoms with van der Waals surface area (Å²) in [5.74, 6) is 0.0679. The standard InChI is InChI=1S/C51H47N/c1-33-12-20-37(21-13-33)50(38-22-14-34(2)15-23-38)48-31-46-42-10-8-9-11-44(42)49(32-47(46)43-29-24-39(30-45(43)48)51(5,6)7)52(40-25-16-35(3)17-26-40)41-27-18-36(4)19-28-41/h8-32,50H,1-7H3. The van der Waals surface area contributed by atoms with Gasteiger partial charge >= 0.3 is 0 Å². The summed E-state index contributed by atoms with van der Waals surface area (Å²) in [4.78, 5) is 2.44. The van der Waals surface area contributed by atoms with Gasteiger partial charge in [0.1, 0.15) is 0 Å². The molecule has 8 aromatic carbocycles. The highest BCUT2D eigenvalue weighted by atomic mass is 15.1. The third-order valence-corrected chi connectivity index (χ3v) is 10.8. The van der Waals surface area contributed by atoms with Crippen molar-refractivity contribution in [3.63, 3.8) is 0 Å². The number of nitrogens with zero attached hydrogens (tertiary/aromatic N) is 1. The molecule has 0 atom stereocenters. The Morgan fingerprint density at radius 3 is 1.35 bits per heavy atom. The number of hydrogen-bond acceptors (Lipinski definition) is 1. The van der Waals surface area contributed by atoms with Crippen LogP contribution in [-0.2, 0) is 5.41 Å². The second-order valence-electron chi connectivity index (χ2n) is 15.8. The van der Waals surface area contributed by atoms with Crippen LogP contribution in [0.2, 0.25) is 0 Å². The monoisotopic (exact) mass is 673 g/mol. The zero-order valence-electron chi connectivity index (χ0n) is 31.5. The van der Waals surface area contributed by atoms with Gasteiger partial charge in [0.05, 0.1) is 5.69 Å². The van der Waals surface area contributed by atoms with Gasteiger partial charge in [0.25, 0.3) is 0 Å². The Morgan fingerprint density at radius 1 is 0.404 bits per heavy atom. The first-order valence-electron chi connectivity index (χ1n) is 18.5. The lowest BCUT2D eigenvalue weighted by Gasteiger charge is -2.29. The highest BCUT2D eigenvalue weighted by Gasteiger charge is 2.25. The van der Waals surface area contributed by atoms with Gasteiger partial charge in [0, 0.05) is 22.7 Å². The smallest absolute Gasteiger partial charge is 0.0546 e. The molecule has 1 nitrogen and oxygen atoms in total. The lowest BCUT2D eigenvalue weighted by molar-refractivity contribution is 0.591. The van der Waals surface area contributed by atoms with E-state index in [4.69, 9.17) is 0 Å². The number of rotatable bonds is 6. The Balaban J connectivity index is 1.50. The molecule has 0 radical (unpaired) electrons. The molecule has 8 aromatic rings. The molecule has 1 heteroatoms. The van der Waals surface area contributed by atoms with Crippen LogP contribution in [0.15, 0.2) is 152 Å². The summed E-state index contributed by atoms with van der Waals surface area (Å²) < 4.78 is 0. The van der Waals surface area contributed by atoms with Crippen LogP contribution in [0.4, 0.5) is 17.1 Å². The molecule has 0 saturated heterocycles. The van der Waals surface area contributed by atoms with E-state index in [1.807, 2.05) is 0 Å². The summed E-state index contributed by atoms with van der Waals surface area (Å²) in [5, 5.41) is 7.63. The minimum atomic E-state index is 0.00581. The fourth-order valence-electron chi connectivity index (χ4n) is 7.78. The molecule has 0 saturated carbocycles. The van der Waals surface area contributed by atoms with E-state index in [1.165, 1.54) is 82.5 Å². The Kier molecular flexibility index (Phi) is 8.47. The van der Waals surface area contributed by atoms with Crippen LogP contribution in [0.5, 0.6) is 0 Å². The van der Waals surface area contributed by atoms with Crippen LogP contribution in [0.25, 0.3) is 32.3 Å². The third-order valence-electron chi connectivity index (χ3n) is 10.8. The van der Waals surface area contributed by atoms with Gasteiger partial charge in [-0.15, -0.1) is 0 Å². The van der Waals surface area contributed by atoms with Gasteiger partial charge in [0.2, 0.25) is 0 Å². The molecule has 0 amide bonds. The topological polar surface area (TPSA) is 3.24 Å². The van der Waals surface area contributed by atoms with Crippen LogP contribution in [0, 0.1) is 27.7 Å². The van der Waals surface area contributed by atoms with Gasteiger partial charge in [0.15, 0.2) is 0 Å². The van der Waals surface area contributed by atoms with Gasteiger partial charge in [-0.1, -0.05) is 158 Å². The number of hydrogen-bond donors (Lipinski definition) is 0.